The first-order chi connectivity index (χ1) is 19.1. The van der Waals surface area contributed by atoms with Crippen LogP contribution >= 0.6 is 15.9 Å². The average Bonchev–Trinajstić information content (AvgIpc) is 3.35. The molecule has 4 rings (SSSR count). The molecule has 3 N–H and O–H groups in total. The molecule has 0 aliphatic carbocycles. The lowest BCUT2D eigenvalue weighted by atomic mass is 9.82. The third-order valence-electron chi connectivity index (χ3n) is 6.37. The van der Waals surface area contributed by atoms with E-state index < -0.39 is 11.6 Å². The minimum atomic E-state index is -1.27. The van der Waals surface area contributed by atoms with E-state index in [0.29, 0.717) is 44.2 Å². The molecular formula is C30H34BrN3O5. The molecule has 2 atom stereocenters. The molecule has 206 valence electrons. The number of ether oxygens (including phenoxy) is 3. The lowest BCUT2D eigenvalue weighted by molar-refractivity contribution is -0.130. The minimum Gasteiger partial charge on any atom is -0.494 e. The van der Waals surface area contributed by atoms with Gasteiger partial charge in [0.05, 0.1) is 6.61 Å². The van der Waals surface area contributed by atoms with Gasteiger partial charge in [0.1, 0.15) is 5.75 Å². The van der Waals surface area contributed by atoms with Crippen LogP contribution in [0.5, 0.6) is 5.75 Å². The number of benzene rings is 3. The molecule has 0 radical (unpaired) electrons. The molecule has 3 aromatic carbocycles. The summed E-state index contributed by atoms with van der Waals surface area (Å²) < 4.78 is 18.2. The molecule has 0 fully saturated rings. The van der Waals surface area contributed by atoms with Gasteiger partial charge in [0.25, 0.3) is 5.91 Å². The van der Waals surface area contributed by atoms with E-state index >= 15 is 0 Å². The van der Waals surface area contributed by atoms with Crippen LogP contribution < -0.4 is 15.6 Å². The van der Waals surface area contributed by atoms with Crippen LogP contribution in [0.15, 0.2) is 88.3 Å². The summed E-state index contributed by atoms with van der Waals surface area (Å²) in [6.07, 6.45) is 0.982. The molecule has 1 aliphatic rings. The standard InChI is InChI=1S/C30H34BrN3O5/c1-37-19-5-17-32-34-29(36)30(21-22-9-13-25(31)14-10-22)27(23-7-3-2-4-8-23)39-28(33-30)24-11-15-26(16-12-24)38-20-6-18-35/h2-4,7-16,27,32,35H,5-6,17-21H2,1H3,(H,34,36)/t27-,30-/m0/s1. The average molecular weight is 597 g/mol. The fourth-order valence-corrected chi connectivity index (χ4v) is 4.64. The monoisotopic (exact) mass is 595 g/mol. The van der Waals surface area contributed by atoms with Gasteiger partial charge in [-0.05, 0) is 53.9 Å². The molecule has 1 aliphatic heterocycles. The van der Waals surface area contributed by atoms with Crippen molar-refractivity contribution in [1.29, 1.82) is 0 Å². The van der Waals surface area contributed by atoms with Crippen LogP contribution in [0.2, 0.25) is 0 Å². The van der Waals surface area contributed by atoms with Crippen LogP contribution in [0.4, 0.5) is 0 Å². The summed E-state index contributed by atoms with van der Waals surface area (Å²) in [6.45, 7) is 1.65. The Kier molecular flexibility index (Phi) is 10.5. The maximum Gasteiger partial charge on any atom is 0.266 e. The Bertz CT molecular complexity index is 1220. The Labute approximate surface area is 237 Å². The van der Waals surface area contributed by atoms with E-state index in [0.717, 1.165) is 27.6 Å². The van der Waals surface area contributed by atoms with Crippen molar-refractivity contribution in [2.24, 2.45) is 4.99 Å². The zero-order chi connectivity index (χ0) is 27.5. The number of hydrazine groups is 1. The van der Waals surface area contributed by atoms with Gasteiger partial charge in [-0.1, -0.05) is 58.4 Å². The highest BCUT2D eigenvalue weighted by Gasteiger charge is 2.53. The summed E-state index contributed by atoms with van der Waals surface area (Å²) in [5.41, 5.74) is 7.19. The normalized spacial score (nSPS) is 18.3. The summed E-state index contributed by atoms with van der Waals surface area (Å²) in [7, 11) is 1.65. The third kappa shape index (κ3) is 7.45. The van der Waals surface area contributed by atoms with Crippen molar-refractivity contribution in [2.75, 3.05) is 33.5 Å². The number of methoxy groups -OCH3 is 1. The van der Waals surface area contributed by atoms with Gasteiger partial charge in [-0.2, -0.15) is 0 Å². The highest BCUT2D eigenvalue weighted by molar-refractivity contribution is 9.10. The molecule has 0 unspecified atom stereocenters. The Morgan fingerprint density at radius 3 is 2.46 bits per heavy atom. The molecule has 1 amide bonds. The lowest BCUT2D eigenvalue weighted by Gasteiger charge is -2.31. The van der Waals surface area contributed by atoms with Gasteiger partial charge in [-0.15, -0.1) is 0 Å². The number of nitrogens with one attached hydrogen (secondary N) is 2. The molecule has 0 spiro atoms. The van der Waals surface area contributed by atoms with Crippen molar-refractivity contribution >= 4 is 27.7 Å². The fourth-order valence-electron chi connectivity index (χ4n) is 4.38. The number of amides is 1. The first-order valence-electron chi connectivity index (χ1n) is 13.0. The summed E-state index contributed by atoms with van der Waals surface area (Å²) in [5, 5.41) is 9.00. The molecule has 9 heteroatoms. The van der Waals surface area contributed by atoms with Crippen LogP contribution in [0.25, 0.3) is 0 Å². The number of carbonyl (C=O) groups excluding carboxylic acids is 1. The quantitative estimate of drug-likeness (QED) is 0.189. The summed E-state index contributed by atoms with van der Waals surface area (Å²) >= 11 is 3.50. The first-order valence-corrected chi connectivity index (χ1v) is 13.8. The van der Waals surface area contributed by atoms with Crippen LogP contribution in [-0.2, 0) is 20.7 Å². The van der Waals surface area contributed by atoms with E-state index in [4.69, 9.17) is 24.3 Å². The Morgan fingerprint density at radius 1 is 1.03 bits per heavy atom. The van der Waals surface area contributed by atoms with E-state index in [9.17, 15) is 4.79 Å². The first kappa shape index (κ1) is 28.8. The van der Waals surface area contributed by atoms with Crippen molar-refractivity contribution in [3.63, 3.8) is 0 Å². The maximum absolute atomic E-state index is 14.0. The smallest absolute Gasteiger partial charge is 0.266 e. The number of aliphatic hydroxyl groups is 1. The van der Waals surface area contributed by atoms with Crippen molar-refractivity contribution in [2.45, 2.75) is 30.9 Å². The highest BCUT2D eigenvalue weighted by atomic mass is 79.9. The maximum atomic E-state index is 14.0. The van der Waals surface area contributed by atoms with Gasteiger partial charge in [0, 0.05) is 49.7 Å². The van der Waals surface area contributed by atoms with E-state index in [2.05, 4.69) is 26.8 Å². The van der Waals surface area contributed by atoms with Crippen molar-refractivity contribution in [3.8, 4) is 5.75 Å². The van der Waals surface area contributed by atoms with Crippen LogP contribution in [0, 0.1) is 0 Å². The fraction of sp³-hybridized carbons (Fsp3) is 0.333. The molecule has 0 saturated heterocycles. The second-order valence-corrected chi connectivity index (χ2v) is 10.1. The van der Waals surface area contributed by atoms with Crippen molar-refractivity contribution < 1.29 is 24.1 Å². The van der Waals surface area contributed by atoms with E-state index in [1.807, 2.05) is 78.9 Å². The number of nitrogens with zero attached hydrogens (tertiary/aromatic N) is 1. The number of hydrogen-bond donors (Lipinski definition) is 3. The van der Waals surface area contributed by atoms with E-state index in [1.165, 1.54) is 0 Å². The molecule has 0 aromatic heterocycles. The zero-order valence-corrected chi connectivity index (χ0v) is 23.5. The van der Waals surface area contributed by atoms with Crippen LogP contribution in [0.3, 0.4) is 0 Å². The zero-order valence-electron chi connectivity index (χ0n) is 21.9. The van der Waals surface area contributed by atoms with Gasteiger partial charge < -0.3 is 19.3 Å². The van der Waals surface area contributed by atoms with E-state index in [1.54, 1.807) is 7.11 Å². The van der Waals surface area contributed by atoms with Crippen LogP contribution in [-0.4, -0.2) is 55.9 Å². The molecular weight excluding hydrogens is 562 g/mol. The largest absolute Gasteiger partial charge is 0.494 e. The van der Waals surface area contributed by atoms with Gasteiger partial charge in [-0.3, -0.25) is 10.2 Å². The molecule has 0 saturated carbocycles. The second kappa shape index (κ2) is 14.2. The number of hydrogen-bond acceptors (Lipinski definition) is 7. The van der Waals surface area contributed by atoms with Gasteiger partial charge >= 0.3 is 0 Å². The molecule has 1 heterocycles. The summed E-state index contributed by atoms with van der Waals surface area (Å²) in [4.78, 5) is 19.0. The predicted molar refractivity (Wildman–Crippen MR) is 154 cm³/mol. The van der Waals surface area contributed by atoms with Crippen LogP contribution in [0.1, 0.15) is 35.6 Å². The number of halogens is 1. The van der Waals surface area contributed by atoms with E-state index in [-0.39, 0.29) is 12.5 Å². The van der Waals surface area contributed by atoms with Gasteiger partial charge in [0.15, 0.2) is 11.6 Å². The lowest BCUT2D eigenvalue weighted by Crippen LogP contribution is -2.54. The SMILES string of the molecule is COCCCNNC(=O)[C@@]1(Cc2ccc(Br)cc2)N=C(c2ccc(OCCCO)cc2)O[C@H]1c1ccccc1. The predicted octanol–water partition coefficient (Wildman–Crippen LogP) is 4.37. The Hall–Kier alpha value is -3.24. The van der Waals surface area contributed by atoms with Gasteiger partial charge in [-0.25, -0.2) is 10.4 Å². The molecule has 0 bridgehead atoms. The molecule has 8 nitrogen and oxygen atoms in total. The molecule has 3 aromatic rings. The third-order valence-corrected chi connectivity index (χ3v) is 6.90. The topological polar surface area (TPSA) is 101 Å². The van der Waals surface area contributed by atoms with Gasteiger partial charge in [0.2, 0.25) is 5.90 Å². The minimum absolute atomic E-state index is 0.0767. The number of carbonyl (C=O) groups is 1. The Morgan fingerprint density at radius 2 is 1.77 bits per heavy atom. The highest BCUT2D eigenvalue weighted by Crippen LogP contribution is 2.42. The second-order valence-electron chi connectivity index (χ2n) is 9.23. The summed E-state index contributed by atoms with van der Waals surface area (Å²) in [6, 6.07) is 25.0. The number of aliphatic hydroxyl groups excluding tert-OH is 1. The van der Waals surface area contributed by atoms with Crippen molar-refractivity contribution in [3.05, 3.63) is 100 Å². The Balaban J connectivity index is 1.69. The van der Waals surface area contributed by atoms with Crippen molar-refractivity contribution in [1.82, 2.24) is 10.9 Å². The number of aliphatic imine (C=N–C) groups is 1. The molecule has 39 heavy (non-hydrogen) atoms. The number of rotatable bonds is 14. The summed E-state index contributed by atoms with van der Waals surface area (Å²) in [5.74, 6) is 0.789.